The molecule has 4 aromatic rings. The molecule has 0 saturated carbocycles. The van der Waals surface area contributed by atoms with Gasteiger partial charge in [-0.3, -0.25) is 4.57 Å². The van der Waals surface area contributed by atoms with Gasteiger partial charge in [-0.15, -0.1) is 11.3 Å². The molecule has 2 aromatic heterocycles. The van der Waals surface area contributed by atoms with Crippen LogP contribution in [0.2, 0.25) is 0 Å². The maximum absolute atomic E-state index is 4.73. The van der Waals surface area contributed by atoms with Crippen molar-refractivity contribution in [2.75, 3.05) is 0 Å². The molecule has 0 fully saturated rings. The van der Waals surface area contributed by atoms with E-state index in [4.69, 9.17) is 4.99 Å². The van der Waals surface area contributed by atoms with E-state index in [0.717, 1.165) is 16.2 Å². The number of benzene rings is 2. The molecule has 0 spiro atoms. The fraction of sp³-hybridized carbons (Fsp3) is 0. The minimum Gasteiger partial charge on any atom is -0.285 e. The summed E-state index contributed by atoms with van der Waals surface area (Å²) in [5.41, 5.74) is 3.38. The van der Waals surface area contributed by atoms with Crippen molar-refractivity contribution in [2.24, 2.45) is 4.99 Å². The van der Waals surface area contributed by atoms with Crippen molar-refractivity contribution in [3.05, 3.63) is 95.2 Å². The van der Waals surface area contributed by atoms with Crippen molar-refractivity contribution in [3.63, 3.8) is 0 Å². The Balaban J connectivity index is 1.96. The number of rotatable bonds is 3. The van der Waals surface area contributed by atoms with E-state index in [2.05, 4.69) is 51.3 Å². The van der Waals surface area contributed by atoms with Gasteiger partial charge in [0.2, 0.25) is 0 Å². The van der Waals surface area contributed by atoms with Crippen molar-refractivity contribution in [2.45, 2.75) is 0 Å². The fourth-order valence-corrected chi connectivity index (χ4v) is 3.46. The van der Waals surface area contributed by atoms with Gasteiger partial charge in [-0.05, 0) is 29.8 Å². The van der Waals surface area contributed by atoms with Crippen molar-refractivity contribution in [1.82, 2.24) is 9.55 Å². The van der Waals surface area contributed by atoms with E-state index >= 15 is 0 Å². The third-order valence-electron chi connectivity index (χ3n) is 3.65. The minimum atomic E-state index is 0.712. The highest BCUT2D eigenvalue weighted by molar-refractivity contribution is 7.07. The number of para-hydroxylation sites is 1. The van der Waals surface area contributed by atoms with Crippen LogP contribution in [0.5, 0.6) is 0 Å². The highest BCUT2D eigenvalue weighted by atomic mass is 32.1. The summed E-state index contributed by atoms with van der Waals surface area (Å²) < 4.78 is 2.18. The van der Waals surface area contributed by atoms with E-state index < -0.39 is 0 Å². The maximum atomic E-state index is 4.73. The maximum Gasteiger partial charge on any atom is 0.196 e. The lowest BCUT2D eigenvalue weighted by Gasteiger charge is -2.09. The molecule has 116 valence electrons. The van der Waals surface area contributed by atoms with E-state index in [0.29, 0.717) is 5.82 Å². The van der Waals surface area contributed by atoms with Crippen LogP contribution in [0.3, 0.4) is 0 Å². The molecule has 0 atom stereocenters. The Morgan fingerprint density at radius 3 is 2.21 bits per heavy atom. The summed E-state index contributed by atoms with van der Waals surface area (Å²) in [4.78, 5) is 9.95. The molecule has 0 aliphatic heterocycles. The van der Waals surface area contributed by atoms with Gasteiger partial charge in [-0.2, -0.15) is 0 Å². The summed E-state index contributed by atoms with van der Waals surface area (Å²) in [6.07, 6.45) is 1.76. The zero-order chi connectivity index (χ0) is 16.2. The molecule has 3 nitrogen and oxygen atoms in total. The monoisotopic (exact) mass is 329 g/mol. The van der Waals surface area contributed by atoms with Crippen LogP contribution in [-0.2, 0) is 0 Å². The molecule has 0 bridgehead atoms. The lowest BCUT2D eigenvalue weighted by Crippen LogP contribution is -2.13. The number of hydrogen-bond acceptors (Lipinski definition) is 3. The van der Waals surface area contributed by atoms with Crippen LogP contribution in [0.15, 0.2) is 95.4 Å². The van der Waals surface area contributed by atoms with E-state index in [-0.39, 0.29) is 0 Å². The summed E-state index contributed by atoms with van der Waals surface area (Å²) in [6.45, 7) is 0. The summed E-state index contributed by atoms with van der Waals surface area (Å²) in [5.74, 6) is 0.712. The highest BCUT2D eigenvalue weighted by Crippen LogP contribution is 2.23. The number of hydrogen-bond donors (Lipinski definition) is 0. The van der Waals surface area contributed by atoms with Crippen molar-refractivity contribution in [3.8, 4) is 16.9 Å². The van der Waals surface area contributed by atoms with Gasteiger partial charge in [0.15, 0.2) is 10.6 Å². The van der Waals surface area contributed by atoms with Gasteiger partial charge in [0.1, 0.15) is 0 Å². The van der Waals surface area contributed by atoms with Gasteiger partial charge in [0, 0.05) is 17.3 Å². The standard InChI is InChI=1S/C20H15N3S/c1-3-9-16(10-4-1)18-15-24-20(22-19-13-7-8-14-21-19)23(18)17-11-5-2-6-12-17/h1-15H. The molecule has 0 saturated heterocycles. The third kappa shape index (κ3) is 2.92. The molecule has 4 rings (SSSR count). The lowest BCUT2D eigenvalue weighted by atomic mass is 10.1. The topological polar surface area (TPSA) is 30.2 Å². The average Bonchev–Trinajstić information content (AvgIpc) is 3.07. The molecule has 2 heterocycles. The van der Waals surface area contributed by atoms with Crippen molar-refractivity contribution >= 4 is 17.2 Å². The number of nitrogens with zero attached hydrogens (tertiary/aromatic N) is 3. The molecular weight excluding hydrogens is 314 g/mol. The number of pyridine rings is 1. The van der Waals surface area contributed by atoms with Crippen LogP contribution in [0, 0.1) is 0 Å². The second kappa shape index (κ2) is 6.64. The van der Waals surface area contributed by atoms with E-state index in [9.17, 15) is 0 Å². The molecular formula is C20H15N3S. The Labute approximate surface area is 144 Å². The molecule has 0 aliphatic rings. The normalized spacial score (nSPS) is 11.6. The first-order chi connectivity index (χ1) is 11.9. The largest absolute Gasteiger partial charge is 0.285 e. The Morgan fingerprint density at radius 1 is 0.792 bits per heavy atom. The lowest BCUT2D eigenvalue weighted by molar-refractivity contribution is 1.00. The van der Waals surface area contributed by atoms with Gasteiger partial charge in [-0.1, -0.05) is 54.6 Å². The molecule has 0 amide bonds. The molecule has 0 aliphatic carbocycles. The van der Waals surface area contributed by atoms with Gasteiger partial charge in [-0.25, -0.2) is 9.98 Å². The predicted molar refractivity (Wildman–Crippen MR) is 98.5 cm³/mol. The first-order valence-corrected chi connectivity index (χ1v) is 8.57. The van der Waals surface area contributed by atoms with Crippen LogP contribution in [0.4, 0.5) is 5.82 Å². The molecule has 0 radical (unpaired) electrons. The summed E-state index contributed by atoms with van der Waals surface area (Å²) in [6, 6.07) is 26.4. The molecule has 4 heteroatoms. The van der Waals surface area contributed by atoms with Crippen LogP contribution in [0.1, 0.15) is 0 Å². The van der Waals surface area contributed by atoms with E-state index in [1.165, 1.54) is 5.56 Å². The smallest absolute Gasteiger partial charge is 0.196 e. The van der Waals surface area contributed by atoms with Gasteiger partial charge >= 0.3 is 0 Å². The van der Waals surface area contributed by atoms with Crippen molar-refractivity contribution in [1.29, 1.82) is 0 Å². The number of aromatic nitrogens is 2. The van der Waals surface area contributed by atoms with Gasteiger partial charge < -0.3 is 0 Å². The highest BCUT2D eigenvalue weighted by Gasteiger charge is 2.09. The van der Waals surface area contributed by atoms with Crippen LogP contribution in [0.25, 0.3) is 16.9 Å². The minimum absolute atomic E-state index is 0.712. The zero-order valence-corrected chi connectivity index (χ0v) is 13.7. The fourth-order valence-electron chi connectivity index (χ4n) is 2.54. The summed E-state index contributed by atoms with van der Waals surface area (Å²) >= 11 is 1.62. The zero-order valence-electron chi connectivity index (χ0n) is 12.9. The Hall–Kier alpha value is -2.98. The number of thiazole rings is 1. The molecule has 0 unspecified atom stereocenters. The molecule has 24 heavy (non-hydrogen) atoms. The van der Waals surface area contributed by atoms with E-state index in [1.54, 1.807) is 17.5 Å². The Bertz CT molecular complexity index is 987. The van der Waals surface area contributed by atoms with Crippen molar-refractivity contribution < 1.29 is 0 Å². The van der Waals surface area contributed by atoms with Gasteiger partial charge in [0.05, 0.1) is 5.69 Å². The average molecular weight is 329 g/mol. The van der Waals surface area contributed by atoms with Crippen LogP contribution < -0.4 is 4.80 Å². The van der Waals surface area contributed by atoms with Gasteiger partial charge in [0.25, 0.3) is 0 Å². The second-order valence-electron chi connectivity index (χ2n) is 5.24. The molecule has 2 aromatic carbocycles. The first-order valence-electron chi connectivity index (χ1n) is 7.69. The third-order valence-corrected chi connectivity index (χ3v) is 4.48. The summed E-state index contributed by atoms with van der Waals surface area (Å²) in [7, 11) is 0. The van der Waals surface area contributed by atoms with E-state index in [1.807, 2.05) is 42.5 Å². The second-order valence-corrected chi connectivity index (χ2v) is 6.08. The Kier molecular flexibility index (Phi) is 4.04. The SMILES string of the molecule is c1ccc(-c2csc(=Nc3ccccn3)n2-c2ccccc2)cc1. The predicted octanol–water partition coefficient (Wildman–Crippen LogP) is 4.83. The Morgan fingerprint density at radius 2 is 1.50 bits per heavy atom. The van der Waals surface area contributed by atoms with Crippen LogP contribution in [-0.4, -0.2) is 9.55 Å². The first kappa shape index (κ1) is 14.6. The summed E-state index contributed by atoms with van der Waals surface area (Å²) in [5, 5.41) is 2.14. The van der Waals surface area contributed by atoms with Crippen LogP contribution >= 0.6 is 11.3 Å². The quantitative estimate of drug-likeness (QED) is 0.529. The molecule has 0 N–H and O–H groups in total.